The van der Waals surface area contributed by atoms with Gasteiger partial charge in [0, 0.05) is 29.6 Å². The first-order valence-corrected chi connectivity index (χ1v) is 7.05. The fourth-order valence-corrected chi connectivity index (χ4v) is 2.78. The minimum Gasteiger partial charge on any atom is -0.355 e. The first-order valence-electron chi connectivity index (χ1n) is 4.99. The average Bonchev–Trinajstić information content (AvgIpc) is 2.78. The standard InChI is InChI=1S/C11H10BrN2O2S/c12-4-5-13-8-17-7-11(13)9-2-1-3-10(6-9)14(15)16/h1-3,6-8H,4-5H2. The highest BCUT2D eigenvalue weighted by Crippen LogP contribution is 2.34. The van der Waals surface area contributed by atoms with E-state index in [0.29, 0.717) is 0 Å². The maximum Gasteiger partial charge on any atom is 0.270 e. The number of benzene rings is 1. The van der Waals surface area contributed by atoms with Gasteiger partial charge in [0.25, 0.3) is 5.69 Å². The summed E-state index contributed by atoms with van der Waals surface area (Å²) < 4.78 is 0. The fourth-order valence-electron chi connectivity index (χ4n) is 1.57. The van der Waals surface area contributed by atoms with Gasteiger partial charge in [-0.25, -0.2) is 0 Å². The number of halogens is 1. The molecule has 0 aliphatic carbocycles. The van der Waals surface area contributed by atoms with Crippen molar-refractivity contribution in [2.24, 2.45) is 0 Å². The zero-order valence-electron chi connectivity index (χ0n) is 8.88. The lowest BCUT2D eigenvalue weighted by Gasteiger charge is -2.19. The molecule has 1 radical (unpaired) electrons. The van der Waals surface area contributed by atoms with Gasteiger partial charge in [-0.2, -0.15) is 0 Å². The van der Waals surface area contributed by atoms with Crippen molar-refractivity contribution >= 4 is 39.1 Å². The van der Waals surface area contributed by atoms with Crippen LogP contribution in [0.4, 0.5) is 5.69 Å². The van der Waals surface area contributed by atoms with Crippen LogP contribution in [0, 0.1) is 16.0 Å². The van der Waals surface area contributed by atoms with Gasteiger partial charge in [0.2, 0.25) is 0 Å². The molecule has 0 N–H and O–H groups in total. The summed E-state index contributed by atoms with van der Waals surface area (Å²) in [6.45, 7) is 0.849. The third-order valence-corrected chi connectivity index (χ3v) is 3.45. The number of alkyl halides is 1. The number of rotatable bonds is 4. The molecule has 17 heavy (non-hydrogen) atoms. The summed E-state index contributed by atoms with van der Waals surface area (Å²) >= 11 is 4.98. The highest BCUT2D eigenvalue weighted by Gasteiger charge is 2.18. The van der Waals surface area contributed by atoms with Crippen molar-refractivity contribution in [3.63, 3.8) is 0 Å². The van der Waals surface area contributed by atoms with Gasteiger partial charge in [0.15, 0.2) is 0 Å². The van der Waals surface area contributed by atoms with Crippen molar-refractivity contribution in [2.45, 2.75) is 0 Å². The van der Waals surface area contributed by atoms with E-state index >= 15 is 0 Å². The second-order valence-corrected chi connectivity index (χ2v) is 4.95. The Kier molecular flexibility index (Phi) is 4.06. The SMILES string of the molecule is O=[N+]([O-])c1cccc(C2=CS[CH]N2CCBr)c1. The van der Waals surface area contributed by atoms with Gasteiger partial charge in [-0.1, -0.05) is 28.1 Å². The van der Waals surface area contributed by atoms with E-state index in [1.165, 1.54) is 6.07 Å². The third kappa shape index (κ3) is 2.81. The fraction of sp³-hybridized carbons (Fsp3) is 0.182. The maximum absolute atomic E-state index is 10.7. The molecule has 0 amide bonds. The minimum atomic E-state index is -0.370. The van der Waals surface area contributed by atoms with Crippen molar-refractivity contribution in [2.75, 3.05) is 11.9 Å². The lowest BCUT2D eigenvalue weighted by molar-refractivity contribution is -0.384. The maximum atomic E-state index is 10.7. The molecule has 0 atom stereocenters. The molecule has 0 spiro atoms. The lowest BCUT2D eigenvalue weighted by atomic mass is 10.1. The molecule has 0 fully saturated rings. The molecule has 1 aromatic rings. The normalized spacial score (nSPS) is 14.9. The van der Waals surface area contributed by atoms with Crippen LogP contribution in [0.3, 0.4) is 0 Å². The summed E-state index contributed by atoms with van der Waals surface area (Å²) in [6.07, 6.45) is 0. The number of non-ortho nitro benzene ring substituents is 1. The Labute approximate surface area is 112 Å². The highest BCUT2D eigenvalue weighted by molar-refractivity contribution is 9.09. The van der Waals surface area contributed by atoms with E-state index in [2.05, 4.69) is 20.8 Å². The van der Waals surface area contributed by atoms with E-state index in [1.54, 1.807) is 23.9 Å². The Morgan fingerprint density at radius 2 is 2.29 bits per heavy atom. The van der Waals surface area contributed by atoms with E-state index in [0.717, 1.165) is 23.1 Å². The third-order valence-electron chi connectivity index (χ3n) is 2.36. The Balaban J connectivity index is 2.27. The highest BCUT2D eigenvalue weighted by atomic mass is 79.9. The number of nitro benzene ring substituents is 1. The van der Waals surface area contributed by atoms with Gasteiger partial charge in [0.05, 0.1) is 10.6 Å². The van der Waals surface area contributed by atoms with Gasteiger partial charge in [-0.05, 0) is 5.41 Å². The minimum absolute atomic E-state index is 0.124. The smallest absolute Gasteiger partial charge is 0.270 e. The molecule has 0 aromatic heterocycles. The molecule has 4 nitrogen and oxygen atoms in total. The van der Waals surface area contributed by atoms with Crippen molar-refractivity contribution in [3.8, 4) is 0 Å². The number of nitro groups is 1. The largest absolute Gasteiger partial charge is 0.355 e. The molecule has 0 unspecified atom stereocenters. The molecule has 89 valence electrons. The van der Waals surface area contributed by atoms with Crippen LogP contribution in [0.25, 0.3) is 5.70 Å². The van der Waals surface area contributed by atoms with Crippen molar-refractivity contribution in [1.29, 1.82) is 0 Å². The molecule has 6 heteroatoms. The topological polar surface area (TPSA) is 46.4 Å². The monoisotopic (exact) mass is 313 g/mol. The number of thioether (sulfide) groups is 1. The summed E-state index contributed by atoms with van der Waals surface area (Å²) in [5.41, 5.74) is 2.01. The molecule has 0 bridgehead atoms. The molecule has 1 aliphatic heterocycles. The Bertz CT molecular complexity index is 465. The zero-order valence-corrected chi connectivity index (χ0v) is 11.3. The first-order chi connectivity index (χ1) is 8.22. The average molecular weight is 314 g/mol. The number of nitrogens with zero attached hydrogens (tertiary/aromatic N) is 2. The summed E-state index contributed by atoms with van der Waals surface area (Å²) in [7, 11) is 0. The van der Waals surface area contributed by atoms with Crippen LogP contribution in [0.15, 0.2) is 29.7 Å². The second kappa shape index (κ2) is 5.55. The predicted molar refractivity (Wildman–Crippen MR) is 73.5 cm³/mol. The van der Waals surface area contributed by atoms with Crippen LogP contribution in [0.1, 0.15) is 5.56 Å². The van der Waals surface area contributed by atoms with Gasteiger partial charge in [-0.15, -0.1) is 11.8 Å². The van der Waals surface area contributed by atoms with E-state index in [-0.39, 0.29) is 10.6 Å². The predicted octanol–water partition coefficient (Wildman–Crippen LogP) is 3.46. The summed E-state index contributed by atoms with van der Waals surface area (Å²) in [5.74, 6) is 2.01. The molecule has 0 saturated carbocycles. The quantitative estimate of drug-likeness (QED) is 0.485. The molecular formula is C11H10BrN2O2S. The van der Waals surface area contributed by atoms with Crippen LogP contribution < -0.4 is 0 Å². The lowest BCUT2D eigenvalue weighted by Crippen LogP contribution is -2.17. The van der Waals surface area contributed by atoms with Gasteiger partial charge in [0.1, 0.15) is 5.88 Å². The molecule has 1 heterocycles. The summed E-state index contributed by atoms with van der Waals surface area (Å²) in [5, 5.41) is 13.6. The van der Waals surface area contributed by atoms with Crippen LogP contribution >= 0.6 is 27.7 Å². The molecule has 2 rings (SSSR count). The number of hydrogen-bond acceptors (Lipinski definition) is 4. The second-order valence-electron chi connectivity index (χ2n) is 3.43. The zero-order chi connectivity index (χ0) is 12.3. The van der Waals surface area contributed by atoms with E-state index in [4.69, 9.17) is 0 Å². The van der Waals surface area contributed by atoms with Gasteiger partial charge in [-0.3, -0.25) is 10.1 Å². The van der Waals surface area contributed by atoms with Crippen molar-refractivity contribution in [3.05, 3.63) is 51.2 Å². The van der Waals surface area contributed by atoms with Crippen LogP contribution in [-0.2, 0) is 0 Å². The molecule has 0 saturated heterocycles. The first kappa shape index (κ1) is 12.4. The van der Waals surface area contributed by atoms with Crippen molar-refractivity contribution in [1.82, 2.24) is 4.90 Å². The van der Waals surface area contributed by atoms with Crippen LogP contribution in [-0.4, -0.2) is 21.7 Å². The van der Waals surface area contributed by atoms with Crippen LogP contribution in [0.2, 0.25) is 0 Å². The van der Waals surface area contributed by atoms with Crippen molar-refractivity contribution < 1.29 is 4.92 Å². The number of hydrogen-bond donors (Lipinski definition) is 0. The Morgan fingerprint density at radius 1 is 1.47 bits per heavy atom. The molecule has 1 aromatic carbocycles. The molecule has 1 aliphatic rings. The van der Waals surface area contributed by atoms with E-state index in [9.17, 15) is 10.1 Å². The van der Waals surface area contributed by atoms with E-state index < -0.39 is 0 Å². The van der Waals surface area contributed by atoms with E-state index in [1.807, 2.05) is 17.4 Å². The van der Waals surface area contributed by atoms with Gasteiger partial charge >= 0.3 is 0 Å². The van der Waals surface area contributed by atoms with Crippen LogP contribution in [0.5, 0.6) is 0 Å². The molecular weight excluding hydrogens is 304 g/mol. The van der Waals surface area contributed by atoms with Gasteiger partial charge < -0.3 is 4.90 Å². The Morgan fingerprint density at radius 3 is 3.00 bits per heavy atom. The summed E-state index contributed by atoms with van der Waals surface area (Å²) in [6, 6.07) is 6.71. The summed E-state index contributed by atoms with van der Waals surface area (Å²) in [4.78, 5) is 12.4. The Hall–Kier alpha value is -1.01.